The Hall–Kier alpha value is -1.32. The van der Waals surface area contributed by atoms with E-state index < -0.39 is 11.7 Å². The fraction of sp³-hybridized carbons (Fsp3) is 0.500. The fourth-order valence-corrected chi connectivity index (χ4v) is 2.56. The highest BCUT2D eigenvalue weighted by atomic mass is 19.4. The minimum absolute atomic E-state index is 0.183. The van der Waals surface area contributed by atoms with Crippen molar-refractivity contribution in [3.8, 4) is 0 Å². The molecule has 98 valence electrons. The summed E-state index contributed by atoms with van der Waals surface area (Å²) in [5.74, 6) is -0.117. The fourth-order valence-electron chi connectivity index (χ4n) is 2.56. The summed E-state index contributed by atoms with van der Waals surface area (Å²) in [5.41, 5.74) is -0.995. The highest BCUT2D eigenvalue weighted by Crippen LogP contribution is 2.34. The van der Waals surface area contributed by atoms with Crippen molar-refractivity contribution in [1.29, 1.82) is 0 Å². The van der Waals surface area contributed by atoms with Crippen molar-refractivity contribution in [3.05, 3.63) is 35.4 Å². The van der Waals surface area contributed by atoms with E-state index in [4.69, 9.17) is 0 Å². The predicted octanol–water partition coefficient (Wildman–Crippen LogP) is 4.47. The molecule has 1 nitrogen and oxygen atoms in total. The summed E-state index contributed by atoms with van der Waals surface area (Å²) < 4.78 is 38.3. The Morgan fingerprint density at radius 1 is 1.17 bits per heavy atom. The third-order valence-electron chi connectivity index (χ3n) is 3.48. The van der Waals surface area contributed by atoms with Gasteiger partial charge in [-0.05, 0) is 12.0 Å². The number of alkyl halides is 3. The lowest BCUT2D eigenvalue weighted by molar-refractivity contribution is -0.137. The van der Waals surface area contributed by atoms with Crippen LogP contribution in [0, 0.1) is 5.92 Å². The number of hydrogen-bond acceptors (Lipinski definition) is 1. The summed E-state index contributed by atoms with van der Waals surface area (Å²) in [4.78, 5) is 12.0. The van der Waals surface area contributed by atoms with E-state index in [0.717, 1.165) is 31.7 Å². The molecule has 0 spiro atoms. The smallest absolute Gasteiger partial charge is 0.294 e. The van der Waals surface area contributed by atoms with Crippen molar-refractivity contribution in [1.82, 2.24) is 0 Å². The molecular formula is C14H15F3O. The van der Waals surface area contributed by atoms with Crippen LogP contribution in [0.1, 0.15) is 48.0 Å². The minimum Gasteiger partial charge on any atom is -0.294 e. The monoisotopic (exact) mass is 256 g/mol. The molecule has 0 heterocycles. The Labute approximate surface area is 104 Å². The van der Waals surface area contributed by atoms with Gasteiger partial charge < -0.3 is 0 Å². The molecule has 0 saturated heterocycles. The largest absolute Gasteiger partial charge is 0.417 e. The summed E-state index contributed by atoms with van der Waals surface area (Å²) in [5, 5.41) is 0. The quantitative estimate of drug-likeness (QED) is 0.729. The van der Waals surface area contributed by atoms with E-state index in [0.29, 0.717) is 0 Å². The van der Waals surface area contributed by atoms with Gasteiger partial charge in [-0.15, -0.1) is 0 Å². The van der Waals surface area contributed by atoms with Crippen molar-refractivity contribution >= 4 is 5.78 Å². The molecule has 1 aliphatic carbocycles. The van der Waals surface area contributed by atoms with Gasteiger partial charge in [0, 0.05) is 12.0 Å². The van der Waals surface area contributed by atoms with Crippen molar-refractivity contribution in [2.45, 2.75) is 38.3 Å². The van der Waals surface area contributed by atoms with Gasteiger partial charge in [0.2, 0.25) is 0 Å². The first-order chi connectivity index (χ1) is 8.48. The van der Waals surface area contributed by atoms with E-state index in [1.54, 1.807) is 0 Å². The topological polar surface area (TPSA) is 17.1 Å². The molecule has 18 heavy (non-hydrogen) atoms. The van der Waals surface area contributed by atoms with E-state index in [2.05, 4.69) is 0 Å². The summed E-state index contributed by atoms with van der Waals surface area (Å²) in [7, 11) is 0. The van der Waals surface area contributed by atoms with Crippen LogP contribution in [-0.2, 0) is 6.18 Å². The van der Waals surface area contributed by atoms with Crippen LogP contribution in [0.25, 0.3) is 0 Å². The molecule has 1 aliphatic rings. The number of halogens is 3. The SMILES string of the molecule is O=C(CC1CCCC1)c1ccccc1C(F)(F)F. The van der Waals surface area contributed by atoms with E-state index >= 15 is 0 Å². The third-order valence-corrected chi connectivity index (χ3v) is 3.48. The zero-order valence-electron chi connectivity index (χ0n) is 9.96. The van der Waals surface area contributed by atoms with E-state index in [1.165, 1.54) is 18.2 Å². The standard InChI is InChI=1S/C14H15F3O/c15-14(16,17)12-8-4-3-7-11(12)13(18)9-10-5-1-2-6-10/h3-4,7-8,10H,1-2,5-6,9H2. The number of ketones is 1. The van der Waals surface area contributed by atoms with Crippen LogP contribution in [0.2, 0.25) is 0 Å². The number of carbonyl (C=O) groups is 1. The van der Waals surface area contributed by atoms with Gasteiger partial charge in [-0.1, -0.05) is 43.9 Å². The average Bonchev–Trinajstić information content (AvgIpc) is 2.80. The number of Topliss-reactive ketones (excluding diaryl/α,β-unsaturated/α-hetero) is 1. The first-order valence-electron chi connectivity index (χ1n) is 6.18. The van der Waals surface area contributed by atoms with Crippen LogP contribution >= 0.6 is 0 Å². The van der Waals surface area contributed by atoms with Crippen LogP contribution < -0.4 is 0 Å². The molecule has 1 fully saturated rings. The molecule has 1 aromatic carbocycles. The number of carbonyl (C=O) groups excluding carboxylic acids is 1. The predicted molar refractivity (Wildman–Crippen MR) is 62.3 cm³/mol. The maximum Gasteiger partial charge on any atom is 0.417 e. The summed E-state index contributed by atoms with van der Waals surface area (Å²) in [6.45, 7) is 0. The molecule has 1 saturated carbocycles. The molecule has 0 N–H and O–H groups in total. The minimum atomic E-state index is -4.46. The lowest BCUT2D eigenvalue weighted by Crippen LogP contribution is -2.14. The van der Waals surface area contributed by atoms with Gasteiger partial charge in [0.25, 0.3) is 0 Å². The molecule has 0 aliphatic heterocycles. The van der Waals surface area contributed by atoms with Crippen LogP contribution in [0.5, 0.6) is 0 Å². The molecule has 4 heteroatoms. The van der Waals surface area contributed by atoms with Crippen molar-refractivity contribution in [3.63, 3.8) is 0 Å². The average molecular weight is 256 g/mol. The second-order valence-corrected chi connectivity index (χ2v) is 4.82. The van der Waals surface area contributed by atoms with Gasteiger partial charge in [0.05, 0.1) is 5.56 Å². The maximum absolute atomic E-state index is 12.8. The number of benzene rings is 1. The first kappa shape index (κ1) is 13.1. The van der Waals surface area contributed by atoms with Crippen molar-refractivity contribution in [2.24, 2.45) is 5.92 Å². The van der Waals surface area contributed by atoms with E-state index in [1.807, 2.05) is 0 Å². The second kappa shape index (κ2) is 5.12. The molecular weight excluding hydrogens is 241 g/mol. The lowest BCUT2D eigenvalue weighted by Gasteiger charge is -2.13. The Kier molecular flexibility index (Phi) is 3.73. The van der Waals surface area contributed by atoms with Crippen LogP contribution in [0.15, 0.2) is 24.3 Å². The molecule has 0 amide bonds. The number of hydrogen-bond donors (Lipinski definition) is 0. The Balaban J connectivity index is 2.19. The van der Waals surface area contributed by atoms with E-state index in [9.17, 15) is 18.0 Å². The molecule has 0 atom stereocenters. The lowest BCUT2D eigenvalue weighted by atomic mass is 9.94. The Morgan fingerprint density at radius 3 is 2.39 bits per heavy atom. The maximum atomic E-state index is 12.8. The first-order valence-corrected chi connectivity index (χ1v) is 6.18. The van der Waals surface area contributed by atoms with Crippen molar-refractivity contribution in [2.75, 3.05) is 0 Å². The second-order valence-electron chi connectivity index (χ2n) is 4.82. The molecule has 0 bridgehead atoms. The molecule has 0 unspecified atom stereocenters. The highest BCUT2D eigenvalue weighted by Gasteiger charge is 2.35. The van der Waals surface area contributed by atoms with Gasteiger partial charge in [0.1, 0.15) is 0 Å². The Bertz CT molecular complexity index is 431. The third kappa shape index (κ3) is 2.92. The van der Waals surface area contributed by atoms with Gasteiger partial charge >= 0.3 is 6.18 Å². The van der Waals surface area contributed by atoms with E-state index in [-0.39, 0.29) is 23.7 Å². The van der Waals surface area contributed by atoms with Gasteiger partial charge in [0.15, 0.2) is 5.78 Å². The zero-order chi connectivity index (χ0) is 13.2. The number of rotatable bonds is 3. The zero-order valence-corrected chi connectivity index (χ0v) is 9.96. The van der Waals surface area contributed by atoms with Crippen molar-refractivity contribution < 1.29 is 18.0 Å². The normalized spacial score (nSPS) is 17.1. The van der Waals surface area contributed by atoms with Crippen LogP contribution in [0.3, 0.4) is 0 Å². The highest BCUT2D eigenvalue weighted by molar-refractivity contribution is 5.97. The summed E-state index contributed by atoms with van der Waals surface area (Å²) in [6, 6.07) is 5.05. The summed E-state index contributed by atoms with van der Waals surface area (Å²) in [6.07, 6.45) is -0.132. The summed E-state index contributed by atoms with van der Waals surface area (Å²) >= 11 is 0. The molecule has 2 rings (SSSR count). The molecule has 1 aromatic rings. The van der Waals surface area contributed by atoms with Gasteiger partial charge in [-0.3, -0.25) is 4.79 Å². The van der Waals surface area contributed by atoms with Crippen LogP contribution in [-0.4, -0.2) is 5.78 Å². The molecule has 0 radical (unpaired) electrons. The molecule has 0 aromatic heterocycles. The Morgan fingerprint density at radius 2 is 1.78 bits per heavy atom. The van der Waals surface area contributed by atoms with Gasteiger partial charge in [-0.2, -0.15) is 13.2 Å². The van der Waals surface area contributed by atoms with Crippen LogP contribution in [0.4, 0.5) is 13.2 Å². The van der Waals surface area contributed by atoms with Gasteiger partial charge in [-0.25, -0.2) is 0 Å².